The van der Waals surface area contributed by atoms with Crippen molar-refractivity contribution in [2.24, 2.45) is 0 Å². The van der Waals surface area contributed by atoms with Gasteiger partial charge < -0.3 is 9.13 Å². The molecule has 0 bridgehead atoms. The highest BCUT2D eigenvalue weighted by Gasteiger charge is 2.35. The Bertz CT molecular complexity index is 4160. The standard InChI is InChI=1S/C62H46F3N15/c1-31-66-32(2)71-58(70-31)40-17-21-45-46-22-18-41(59-72-33(3)67-34(4)73-59)26-52(46)79(51(45)25-40)55-29-44(62(63,64)65)30-56(57(55)50-16-12-15-49(78-50)39-13-10-9-11-14-39)80-53-27-42(60-74-35(5)68-36(6)75-60)19-23-47(53)48-24-20-43(28-54(48)80)61-76-37(7)69-38(8)77-61/h9-30H,1-8H3. The number of aryl methyl sites for hydroxylation is 8. The first kappa shape index (κ1) is 49.5. The van der Waals surface area contributed by atoms with E-state index in [-0.39, 0.29) is 11.4 Å². The lowest BCUT2D eigenvalue weighted by Crippen LogP contribution is -2.12. The number of hydrogen-bond donors (Lipinski definition) is 0. The lowest BCUT2D eigenvalue weighted by Gasteiger charge is -2.23. The minimum Gasteiger partial charge on any atom is -0.308 e. The summed E-state index contributed by atoms with van der Waals surface area (Å²) < 4.78 is 53.1. The summed E-state index contributed by atoms with van der Waals surface area (Å²) in [5, 5.41) is 3.03. The van der Waals surface area contributed by atoms with Gasteiger partial charge in [0.15, 0.2) is 23.3 Å². The van der Waals surface area contributed by atoms with Crippen molar-refractivity contribution in [3.63, 3.8) is 0 Å². The van der Waals surface area contributed by atoms with E-state index >= 15 is 13.2 Å². The molecule has 0 aliphatic carbocycles. The van der Waals surface area contributed by atoms with Gasteiger partial charge in [0, 0.05) is 54.9 Å². The van der Waals surface area contributed by atoms with Crippen molar-refractivity contribution in [1.82, 2.24) is 73.9 Å². The summed E-state index contributed by atoms with van der Waals surface area (Å²) in [6.45, 7) is 14.4. The smallest absolute Gasteiger partial charge is 0.308 e. The zero-order chi connectivity index (χ0) is 55.3. The van der Waals surface area contributed by atoms with Crippen LogP contribution < -0.4 is 0 Å². The van der Waals surface area contributed by atoms with Gasteiger partial charge in [-0.1, -0.05) is 84.9 Å². The number of rotatable bonds is 8. The van der Waals surface area contributed by atoms with Crippen molar-refractivity contribution in [3.05, 3.63) is 186 Å². The van der Waals surface area contributed by atoms with Crippen molar-refractivity contribution in [3.8, 4) is 79.4 Å². The summed E-state index contributed by atoms with van der Waals surface area (Å²) in [7, 11) is 0. The van der Waals surface area contributed by atoms with Crippen LogP contribution >= 0.6 is 0 Å². The predicted octanol–water partition coefficient (Wildman–Crippen LogP) is 13.5. The van der Waals surface area contributed by atoms with Gasteiger partial charge in [-0.15, -0.1) is 0 Å². The Balaban J connectivity index is 1.23. The highest BCUT2D eigenvalue weighted by atomic mass is 19.4. The van der Waals surface area contributed by atoms with E-state index in [4.69, 9.17) is 44.9 Å². The normalized spacial score (nSPS) is 11.9. The largest absolute Gasteiger partial charge is 0.416 e. The molecule has 6 aromatic carbocycles. The molecule has 0 saturated heterocycles. The van der Waals surface area contributed by atoms with E-state index in [1.54, 1.807) is 55.4 Å². The number of halogens is 3. The van der Waals surface area contributed by atoms with E-state index in [1.165, 1.54) is 12.1 Å². The maximum atomic E-state index is 16.4. The van der Waals surface area contributed by atoms with Crippen LogP contribution in [-0.2, 0) is 6.18 Å². The van der Waals surface area contributed by atoms with Gasteiger partial charge in [0.2, 0.25) is 0 Å². The lowest BCUT2D eigenvalue weighted by atomic mass is 10.00. The molecule has 0 spiro atoms. The Hall–Kier alpha value is -10.1. The van der Waals surface area contributed by atoms with Gasteiger partial charge in [-0.05, 0) is 104 Å². The number of pyridine rings is 1. The molecule has 0 aliphatic rings. The van der Waals surface area contributed by atoms with Gasteiger partial charge in [-0.2, -0.15) is 13.2 Å². The zero-order valence-electron chi connectivity index (χ0n) is 44.5. The quantitative estimate of drug-likeness (QED) is 0.141. The van der Waals surface area contributed by atoms with Gasteiger partial charge in [0.05, 0.1) is 50.4 Å². The van der Waals surface area contributed by atoms with E-state index in [9.17, 15) is 0 Å². The van der Waals surface area contributed by atoms with Gasteiger partial charge in [-0.3, -0.25) is 0 Å². The summed E-state index contributed by atoms with van der Waals surface area (Å²) in [5.74, 6) is 5.83. The van der Waals surface area contributed by atoms with Crippen molar-refractivity contribution in [2.45, 2.75) is 61.6 Å². The van der Waals surface area contributed by atoms with E-state index in [0.717, 1.165) is 27.1 Å². The number of hydrogen-bond acceptors (Lipinski definition) is 13. The third-order valence-electron chi connectivity index (χ3n) is 14.0. The maximum Gasteiger partial charge on any atom is 0.416 e. The van der Waals surface area contributed by atoms with Gasteiger partial charge in [-0.25, -0.2) is 64.8 Å². The third-order valence-corrected chi connectivity index (χ3v) is 14.0. The molecular formula is C62H46F3N15. The summed E-state index contributed by atoms with van der Waals surface area (Å²) >= 11 is 0. The fourth-order valence-corrected chi connectivity index (χ4v) is 10.8. The molecule has 0 radical (unpaired) electrons. The minimum atomic E-state index is -4.87. The molecule has 0 unspecified atom stereocenters. The Morgan fingerprint density at radius 3 is 0.925 bits per heavy atom. The summed E-state index contributed by atoms with van der Waals surface area (Å²) in [5.41, 5.74) is 6.50. The maximum absolute atomic E-state index is 16.4. The molecule has 13 rings (SSSR count). The Morgan fingerprint density at radius 2 is 0.613 bits per heavy atom. The Morgan fingerprint density at radius 1 is 0.300 bits per heavy atom. The molecule has 15 nitrogen and oxygen atoms in total. The van der Waals surface area contributed by atoms with Crippen molar-refractivity contribution in [2.75, 3.05) is 0 Å². The molecule has 0 saturated carbocycles. The Labute approximate surface area is 455 Å². The van der Waals surface area contributed by atoms with Crippen LogP contribution in [0.2, 0.25) is 0 Å². The van der Waals surface area contributed by atoms with E-state index in [1.807, 2.05) is 130 Å². The summed E-state index contributed by atoms with van der Waals surface area (Å²) in [4.78, 5) is 61.0. The molecule has 0 atom stereocenters. The fraction of sp³-hybridized carbons (Fsp3) is 0.145. The Kier molecular flexibility index (Phi) is 11.6. The number of benzene rings is 6. The molecule has 0 N–H and O–H groups in total. The molecule has 390 valence electrons. The monoisotopic (exact) mass is 1060 g/mol. The second-order valence-electron chi connectivity index (χ2n) is 19.8. The van der Waals surface area contributed by atoms with Crippen LogP contribution in [0.3, 0.4) is 0 Å². The average Bonchev–Trinajstić information content (AvgIpc) is 4.09. The molecule has 0 amide bonds. The van der Waals surface area contributed by atoms with Crippen LogP contribution in [0.1, 0.15) is 52.2 Å². The summed E-state index contributed by atoms with van der Waals surface area (Å²) in [6.07, 6.45) is -4.87. The first-order valence-electron chi connectivity index (χ1n) is 25.7. The molecule has 18 heteroatoms. The van der Waals surface area contributed by atoms with Gasteiger partial charge >= 0.3 is 6.18 Å². The van der Waals surface area contributed by atoms with E-state index < -0.39 is 11.7 Å². The predicted molar refractivity (Wildman–Crippen MR) is 302 cm³/mol. The average molecular weight is 1060 g/mol. The first-order chi connectivity index (χ1) is 38.5. The first-order valence-corrected chi connectivity index (χ1v) is 25.7. The number of aromatic nitrogens is 15. The highest BCUT2D eigenvalue weighted by molar-refractivity contribution is 6.13. The lowest BCUT2D eigenvalue weighted by molar-refractivity contribution is -0.137. The van der Waals surface area contributed by atoms with E-state index in [0.29, 0.717) is 131 Å². The topological polar surface area (TPSA) is 177 Å². The summed E-state index contributed by atoms with van der Waals surface area (Å²) in [6, 6.07) is 41.0. The number of nitrogens with zero attached hydrogens (tertiary/aromatic N) is 15. The second kappa shape index (κ2) is 18.8. The highest BCUT2D eigenvalue weighted by Crippen LogP contribution is 2.47. The van der Waals surface area contributed by atoms with Crippen molar-refractivity contribution < 1.29 is 13.2 Å². The molecule has 7 heterocycles. The zero-order valence-corrected chi connectivity index (χ0v) is 44.5. The molecule has 0 fully saturated rings. The molecule has 7 aromatic heterocycles. The molecular weight excluding hydrogens is 1010 g/mol. The molecule has 80 heavy (non-hydrogen) atoms. The molecule has 0 aliphatic heterocycles. The van der Waals surface area contributed by atoms with Crippen molar-refractivity contribution >= 4 is 43.6 Å². The third kappa shape index (κ3) is 8.79. The second-order valence-corrected chi connectivity index (χ2v) is 19.8. The van der Waals surface area contributed by atoms with Crippen LogP contribution in [-0.4, -0.2) is 73.9 Å². The number of alkyl halides is 3. The van der Waals surface area contributed by atoms with Crippen LogP contribution in [0.15, 0.2) is 133 Å². The van der Waals surface area contributed by atoms with Gasteiger partial charge in [0.1, 0.15) is 46.6 Å². The molecule has 13 aromatic rings. The van der Waals surface area contributed by atoms with Crippen molar-refractivity contribution in [1.29, 1.82) is 0 Å². The van der Waals surface area contributed by atoms with Crippen LogP contribution in [0.5, 0.6) is 0 Å². The van der Waals surface area contributed by atoms with Crippen LogP contribution in [0, 0.1) is 55.4 Å². The van der Waals surface area contributed by atoms with Crippen LogP contribution in [0.25, 0.3) is 123 Å². The minimum absolute atomic E-state index is 0.183. The van der Waals surface area contributed by atoms with Gasteiger partial charge in [0.25, 0.3) is 0 Å². The van der Waals surface area contributed by atoms with E-state index in [2.05, 4.69) is 19.9 Å². The number of fused-ring (bicyclic) bond motifs is 6. The van der Waals surface area contributed by atoms with Crippen LogP contribution in [0.4, 0.5) is 13.2 Å². The fourth-order valence-electron chi connectivity index (χ4n) is 10.8. The SMILES string of the molecule is Cc1nc(C)nc(-c2ccc3c4ccc(-c5nc(C)nc(C)n5)cc4n(-c4cc(C(F)(F)F)cc(-n5c6cc(-c7nc(C)nc(C)n7)ccc6c6ccc(-c7nc(C)nc(C)n7)cc65)c4-c4cccc(-c5ccccc5)n4)c3c2)n1.